The lowest BCUT2D eigenvalue weighted by atomic mass is 9.83. The maximum Gasteiger partial charge on any atom is 0.0491 e. The predicted molar refractivity (Wildman–Crippen MR) is 108 cm³/mol. The molecule has 0 saturated heterocycles. The first-order chi connectivity index (χ1) is 12.1. The van der Waals surface area contributed by atoms with Crippen LogP contribution in [0.1, 0.15) is 62.3 Å². The van der Waals surface area contributed by atoms with Crippen LogP contribution in [0.4, 0.5) is 0 Å². The van der Waals surface area contributed by atoms with Gasteiger partial charge in [-0.2, -0.15) is 0 Å². The van der Waals surface area contributed by atoms with Gasteiger partial charge >= 0.3 is 0 Å². The van der Waals surface area contributed by atoms with E-state index in [1.807, 2.05) is 0 Å². The Bertz CT molecular complexity index is 785. The number of terminal acetylenes is 1. The van der Waals surface area contributed by atoms with Gasteiger partial charge in [0.2, 0.25) is 0 Å². The van der Waals surface area contributed by atoms with Crippen LogP contribution in [0.2, 0.25) is 0 Å². The summed E-state index contributed by atoms with van der Waals surface area (Å²) in [5.74, 6) is 2.79. The van der Waals surface area contributed by atoms with Gasteiger partial charge in [0.15, 0.2) is 0 Å². The number of hydrogen-bond donors (Lipinski definition) is 0. The van der Waals surface area contributed by atoms with Gasteiger partial charge in [-0.25, -0.2) is 0 Å². The number of benzene rings is 1. The smallest absolute Gasteiger partial charge is 0.0491 e. The molecule has 2 aliphatic heterocycles. The lowest BCUT2D eigenvalue weighted by molar-refractivity contribution is 0.351. The van der Waals surface area contributed by atoms with E-state index in [2.05, 4.69) is 62.6 Å². The average molecular weight is 332 g/mol. The summed E-state index contributed by atoms with van der Waals surface area (Å²) in [5.41, 5.74) is 9.56. The van der Waals surface area contributed by atoms with E-state index >= 15 is 0 Å². The van der Waals surface area contributed by atoms with Gasteiger partial charge < -0.3 is 4.90 Å². The Hall–Kier alpha value is -2.20. The Balaban J connectivity index is 2.10. The van der Waals surface area contributed by atoms with Crippen molar-refractivity contribution in [1.82, 2.24) is 4.90 Å². The summed E-state index contributed by atoms with van der Waals surface area (Å²) in [7, 11) is 0. The molecule has 0 radical (unpaired) electrons. The Morgan fingerprint density at radius 2 is 2.00 bits per heavy atom. The van der Waals surface area contributed by atoms with Crippen LogP contribution >= 0.6 is 0 Å². The molecule has 25 heavy (non-hydrogen) atoms. The van der Waals surface area contributed by atoms with Crippen LogP contribution < -0.4 is 0 Å². The average Bonchev–Trinajstić information content (AvgIpc) is 2.64. The highest BCUT2D eigenvalue weighted by Crippen LogP contribution is 2.40. The summed E-state index contributed by atoms with van der Waals surface area (Å²) in [5, 5.41) is 0. The fourth-order valence-electron chi connectivity index (χ4n) is 4.10. The van der Waals surface area contributed by atoms with Crippen molar-refractivity contribution in [1.29, 1.82) is 0 Å². The molecule has 1 aromatic rings. The fraction of sp³-hybridized carbons (Fsp3) is 0.417. The first-order valence-electron chi connectivity index (χ1n) is 9.61. The molecule has 2 aliphatic rings. The van der Waals surface area contributed by atoms with Crippen LogP contribution in [-0.2, 0) is 19.3 Å². The molecule has 2 heterocycles. The first kappa shape index (κ1) is 17.6. The molecule has 1 aromatic carbocycles. The number of hydrogen-bond acceptors (Lipinski definition) is 1. The quantitative estimate of drug-likeness (QED) is 0.630. The van der Waals surface area contributed by atoms with Crippen molar-refractivity contribution in [3.05, 3.63) is 64.4 Å². The molecule has 0 spiro atoms. The van der Waals surface area contributed by atoms with E-state index in [-0.39, 0.29) is 0 Å². The maximum atomic E-state index is 5.50. The molecule has 0 bridgehead atoms. The zero-order valence-electron chi connectivity index (χ0n) is 15.9. The fourth-order valence-corrected chi connectivity index (χ4v) is 4.10. The van der Waals surface area contributed by atoms with Crippen molar-refractivity contribution in [2.45, 2.75) is 65.3 Å². The van der Waals surface area contributed by atoms with E-state index in [0.717, 1.165) is 44.1 Å². The molecule has 1 unspecified atom stereocenters. The summed E-state index contributed by atoms with van der Waals surface area (Å²) < 4.78 is 0. The number of aryl methyl sites for hydroxylation is 2. The van der Waals surface area contributed by atoms with Crippen LogP contribution in [-0.4, -0.2) is 10.9 Å². The van der Waals surface area contributed by atoms with Gasteiger partial charge in [-0.15, -0.1) is 12.3 Å². The lowest BCUT2D eigenvalue weighted by Gasteiger charge is -2.41. The zero-order valence-corrected chi connectivity index (χ0v) is 15.9. The maximum absolute atomic E-state index is 5.50. The van der Waals surface area contributed by atoms with Crippen LogP contribution in [0.15, 0.2) is 42.1 Å². The van der Waals surface area contributed by atoms with Crippen molar-refractivity contribution in [2.24, 2.45) is 0 Å². The summed E-state index contributed by atoms with van der Waals surface area (Å²) in [6.45, 7) is 11.0. The second kappa shape index (κ2) is 7.36. The summed E-state index contributed by atoms with van der Waals surface area (Å²) in [6, 6.07) is 5.36. The van der Waals surface area contributed by atoms with E-state index < -0.39 is 0 Å². The van der Waals surface area contributed by atoms with Gasteiger partial charge in [-0.1, -0.05) is 33.4 Å². The monoisotopic (exact) mass is 331 g/mol. The Labute approximate surface area is 153 Å². The van der Waals surface area contributed by atoms with E-state index in [4.69, 9.17) is 6.42 Å². The lowest BCUT2D eigenvalue weighted by Crippen LogP contribution is -2.37. The van der Waals surface area contributed by atoms with Crippen molar-refractivity contribution in [2.75, 3.05) is 0 Å². The van der Waals surface area contributed by atoms with Crippen LogP contribution in [0, 0.1) is 12.3 Å². The van der Waals surface area contributed by atoms with Gasteiger partial charge in [0.1, 0.15) is 0 Å². The molecule has 3 rings (SSSR count). The molecule has 0 aromatic heterocycles. The Kier molecular flexibility index (Phi) is 5.19. The van der Waals surface area contributed by atoms with Crippen LogP contribution in [0.5, 0.6) is 0 Å². The summed E-state index contributed by atoms with van der Waals surface area (Å²) in [4.78, 5) is 2.50. The van der Waals surface area contributed by atoms with Crippen molar-refractivity contribution < 1.29 is 0 Å². The number of allylic oxidation sites excluding steroid dienone is 3. The molecule has 0 amide bonds. The molecular weight excluding hydrogens is 302 g/mol. The molecule has 0 aliphatic carbocycles. The highest BCUT2D eigenvalue weighted by molar-refractivity contribution is 5.76. The molecule has 1 heteroatoms. The second-order valence-corrected chi connectivity index (χ2v) is 7.07. The highest BCUT2D eigenvalue weighted by atomic mass is 15.2. The SMILES string of the molecule is C#CCCc1cc2c(cc1CC)C1=CC(=C)C(CC)=CN1C(CC)C2. The third-order valence-electron chi connectivity index (χ3n) is 5.62. The van der Waals surface area contributed by atoms with E-state index in [1.54, 1.807) is 0 Å². The summed E-state index contributed by atoms with van der Waals surface area (Å²) in [6.07, 6.45) is 16.3. The standard InChI is InChI=1S/C24H29N/c1-6-10-11-20-13-21-14-22(9-4)25-16-19(8-3)17(5)12-24(25)23(21)15-18(20)7-2/h1,12-13,15-16,22H,5,7-11,14H2,2-4H3. The summed E-state index contributed by atoms with van der Waals surface area (Å²) >= 11 is 0. The Morgan fingerprint density at radius 3 is 2.64 bits per heavy atom. The first-order valence-corrected chi connectivity index (χ1v) is 9.61. The van der Waals surface area contributed by atoms with Gasteiger partial charge in [-0.3, -0.25) is 0 Å². The Morgan fingerprint density at radius 1 is 1.20 bits per heavy atom. The van der Waals surface area contributed by atoms with Gasteiger partial charge in [0, 0.05) is 29.9 Å². The molecule has 130 valence electrons. The van der Waals surface area contributed by atoms with E-state index in [9.17, 15) is 0 Å². The number of nitrogens with zero attached hydrogens (tertiary/aromatic N) is 1. The van der Waals surface area contributed by atoms with Crippen molar-refractivity contribution in [3.8, 4) is 12.3 Å². The van der Waals surface area contributed by atoms with E-state index in [0.29, 0.717) is 6.04 Å². The van der Waals surface area contributed by atoms with E-state index in [1.165, 1.54) is 33.5 Å². The molecule has 1 nitrogen and oxygen atoms in total. The second-order valence-electron chi connectivity index (χ2n) is 7.07. The minimum absolute atomic E-state index is 0.529. The minimum Gasteiger partial charge on any atom is -0.344 e. The number of rotatable bonds is 5. The topological polar surface area (TPSA) is 3.24 Å². The molecule has 0 saturated carbocycles. The molecule has 0 fully saturated rings. The van der Waals surface area contributed by atoms with Crippen molar-refractivity contribution >= 4 is 5.70 Å². The minimum atomic E-state index is 0.529. The van der Waals surface area contributed by atoms with Crippen LogP contribution in [0.3, 0.4) is 0 Å². The highest BCUT2D eigenvalue weighted by Gasteiger charge is 2.30. The largest absolute Gasteiger partial charge is 0.344 e. The third-order valence-corrected chi connectivity index (χ3v) is 5.62. The van der Waals surface area contributed by atoms with Crippen molar-refractivity contribution in [3.63, 3.8) is 0 Å². The number of fused-ring (bicyclic) bond motifs is 3. The normalized spacial score (nSPS) is 18.9. The zero-order chi connectivity index (χ0) is 18.0. The van der Waals surface area contributed by atoms with Gasteiger partial charge in [0.05, 0.1) is 0 Å². The molecular formula is C24H29N. The predicted octanol–water partition coefficient (Wildman–Crippen LogP) is 5.66. The molecule has 0 N–H and O–H groups in total. The third kappa shape index (κ3) is 3.19. The van der Waals surface area contributed by atoms with Gasteiger partial charge in [0.25, 0.3) is 0 Å². The molecule has 1 atom stereocenters. The van der Waals surface area contributed by atoms with Gasteiger partial charge in [-0.05, 0) is 72.1 Å². The van der Waals surface area contributed by atoms with Crippen LogP contribution in [0.25, 0.3) is 5.70 Å².